The second-order valence-corrected chi connectivity index (χ2v) is 5.52. The molecule has 0 N–H and O–H groups in total. The molecule has 20 heavy (non-hydrogen) atoms. The van der Waals surface area contributed by atoms with Gasteiger partial charge >= 0.3 is 0 Å². The normalized spacial score (nSPS) is 10.1. The molecule has 102 valence electrons. The smallest absolute Gasteiger partial charge is 0.264 e. The molecule has 0 amide bonds. The van der Waals surface area contributed by atoms with Gasteiger partial charge in [0.15, 0.2) is 6.61 Å². The summed E-state index contributed by atoms with van der Waals surface area (Å²) >= 11 is 2.03. The fourth-order valence-electron chi connectivity index (χ4n) is 2.00. The number of nitriles is 1. The molecule has 0 aliphatic heterocycles. The first-order chi connectivity index (χ1) is 9.54. The first kappa shape index (κ1) is 14.6. The fourth-order valence-corrected chi connectivity index (χ4v) is 2.55. The topological polar surface area (TPSA) is 55.0 Å². The zero-order chi connectivity index (χ0) is 14.7. The second kappa shape index (κ2) is 6.09. The number of benzene rings is 1. The molecule has 1 aromatic heterocycles. The molecule has 4 nitrogen and oxygen atoms in total. The third-order valence-electron chi connectivity index (χ3n) is 3.04. The zero-order valence-corrected chi connectivity index (χ0v) is 13.3. The molecule has 1 heterocycles. The van der Waals surface area contributed by atoms with Crippen LogP contribution in [0, 0.1) is 21.8 Å². The molecule has 2 aromatic rings. The molecule has 0 atom stereocenters. The number of aryl methyl sites for hydroxylation is 1. The van der Waals surface area contributed by atoms with Gasteiger partial charge in [0.25, 0.3) is 5.56 Å². The maximum atomic E-state index is 12.0. The summed E-state index contributed by atoms with van der Waals surface area (Å²) in [5.41, 5.74) is 2.83. The van der Waals surface area contributed by atoms with Crippen molar-refractivity contribution in [3.8, 4) is 23.1 Å². The van der Waals surface area contributed by atoms with Gasteiger partial charge in [-0.1, -0.05) is 0 Å². The molecule has 1 aromatic carbocycles. The van der Waals surface area contributed by atoms with Crippen LogP contribution in [0.1, 0.15) is 5.56 Å². The van der Waals surface area contributed by atoms with Crippen LogP contribution in [0.3, 0.4) is 0 Å². The number of aromatic nitrogens is 1. The number of nitrogens with zero attached hydrogens (tertiary/aromatic N) is 2. The van der Waals surface area contributed by atoms with Crippen molar-refractivity contribution in [1.82, 2.24) is 4.57 Å². The van der Waals surface area contributed by atoms with E-state index in [0.29, 0.717) is 9.32 Å². The average Bonchev–Trinajstić information content (AvgIpc) is 2.44. The van der Waals surface area contributed by atoms with E-state index >= 15 is 0 Å². The summed E-state index contributed by atoms with van der Waals surface area (Å²) in [7, 11) is 1.76. The van der Waals surface area contributed by atoms with Crippen LogP contribution in [0.5, 0.6) is 5.75 Å². The van der Waals surface area contributed by atoms with E-state index in [2.05, 4.69) is 0 Å². The standard InChI is InChI=1S/C15H13IN2O2/c1-10-9-11(20-8-7-17)3-4-12(10)14-6-5-13(16)15(19)18(14)2/h3-6,9H,8H2,1-2H3. The van der Waals surface area contributed by atoms with E-state index in [4.69, 9.17) is 10.00 Å². The highest BCUT2D eigenvalue weighted by molar-refractivity contribution is 14.1. The van der Waals surface area contributed by atoms with Gasteiger partial charge in [-0.3, -0.25) is 4.79 Å². The summed E-state index contributed by atoms with van der Waals surface area (Å²) in [5.74, 6) is 0.656. The van der Waals surface area contributed by atoms with E-state index < -0.39 is 0 Å². The molecule has 0 saturated heterocycles. The minimum atomic E-state index is -0.00712. The van der Waals surface area contributed by atoms with Crippen molar-refractivity contribution in [2.24, 2.45) is 7.05 Å². The average molecular weight is 380 g/mol. The van der Waals surface area contributed by atoms with Crippen LogP contribution in [-0.4, -0.2) is 11.2 Å². The second-order valence-electron chi connectivity index (χ2n) is 4.35. The van der Waals surface area contributed by atoms with Gasteiger partial charge in [-0.05, 0) is 65.4 Å². The SMILES string of the molecule is Cc1cc(OCC#N)ccc1-c1ccc(I)c(=O)n1C. The Morgan fingerprint density at radius 1 is 1.35 bits per heavy atom. The monoisotopic (exact) mass is 380 g/mol. The largest absolute Gasteiger partial charge is 0.479 e. The Kier molecular flexibility index (Phi) is 4.45. The van der Waals surface area contributed by atoms with E-state index in [-0.39, 0.29) is 12.2 Å². The van der Waals surface area contributed by atoms with Crippen LogP contribution in [0.25, 0.3) is 11.3 Å². The predicted molar refractivity (Wildman–Crippen MR) is 85.7 cm³/mol. The summed E-state index contributed by atoms with van der Waals surface area (Å²) in [6, 6.07) is 11.3. The van der Waals surface area contributed by atoms with Crippen LogP contribution in [0.2, 0.25) is 0 Å². The molecule has 0 fully saturated rings. The molecule has 0 aliphatic carbocycles. The van der Waals surface area contributed by atoms with E-state index in [0.717, 1.165) is 16.8 Å². The molecule has 0 unspecified atom stereocenters. The number of hydrogen-bond donors (Lipinski definition) is 0. The number of halogens is 1. The van der Waals surface area contributed by atoms with Crippen molar-refractivity contribution in [3.63, 3.8) is 0 Å². The maximum absolute atomic E-state index is 12.0. The molecular weight excluding hydrogens is 367 g/mol. The molecular formula is C15H13IN2O2. The molecule has 2 rings (SSSR count). The van der Waals surface area contributed by atoms with Gasteiger partial charge in [-0.25, -0.2) is 0 Å². The predicted octanol–water partition coefficient (Wildman–Crippen LogP) is 2.87. The van der Waals surface area contributed by atoms with Gasteiger partial charge in [0.2, 0.25) is 0 Å². The van der Waals surface area contributed by atoms with E-state index in [1.54, 1.807) is 11.6 Å². The summed E-state index contributed by atoms with van der Waals surface area (Å²) in [6.07, 6.45) is 0. The third kappa shape index (κ3) is 2.85. The van der Waals surface area contributed by atoms with Gasteiger partial charge in [0, 0.05) is 12.6 Å². The molecule has 0 bridgehead atoms. The lowest BCUT2D eigenvalue weighted by atomic mass is 10.0. The minimum absolute atomic E-state index is 0.00712. The first-order valence-electron chi connectivity index (χ1n) is 6.01. The van der Waals surface area contributed by atoms with Crippen molar-refractivity contribution in [2.75, 3.05) is 6.61 Å². The van der Waals surface area contributed by atoms with Crippen molar-refractivity contribution >= 4 is 22.6 Å². The van der Waals surface area contributed by atoms with Gasteiger partial charge < -0.3 is 9.30 Å². The summed E-state index contributed by atoms with van der Waals surface area (Å²) in [5, 5.41) is 8.51. The summed E-state index contributed by atoms with van der Waals surface area (Å²) in [6.45, 7) is 1.98. The van der Waals surface area contributed by atoms with Crippen molar-refractivity contribution in [2.45, 2.75) is 6.92 Å². The number of pyridine rings is 1. The van der Waals surface area contributed by atoms with E-state index in [1.807, 2.05) is 65.9 Å². The van der Waals surface area contributed by atoms with Crippen LogP contribution in [-0.2, 0) is 7.05 Å². The number of rotatable bonds is 3. The molecule has 0 radical (unpaired) electrons. The number of ether oxygens (including phenoxy) is 1. The van der Waals surface area contributed by atoms with Gasteiger partial charge in [0.1, 0.15) is 11.8 Å². The minimum Gasteiger partial charge on any atom is -0.479 e. The maximum Gasteiger partial charge on any atom is 0.264 e. The van der Waals surface area contributed by atoms with Gasteiger partial charge in [-0.15, -0.1) is 0 Å². The zero-order valence-electron chi connectivity index (χ0n) is 11.2. The summed E-state index contributed by atoms with van der Waals surface area (Å²) in [4.78, 5) is 12.0. The van der Waals surface area contributed by atoms with Gasteiger partial charge in [0.05, 0.1) is 9.26 Å². The van der Waals surface area contributed by atoms with Crippen LogP contribution in [0.4, 0.5) is 0 Å². The van der Waals surface area contributed by atoms with E-state index in [9.17, 15) is 4.79 Å². The molecule has 0 aliphatic rings. The lowest BCUT2D eigenvalue weighted by molar-refractivity contribution is 0.368. The van der Waals surface area contributed by atoms with Crippen molar-refractivity contribution in [1.29, 1.82) is 5.26 Å². The van der Waals surface area contributed by atoms with Crippen LogP contribution in [0.15, 0.2) is 35.1 Å². The Morgan fingerprint density at radius 2 is 2.10 bits per heavy atom. The highest BCUT2D eigenvalue weighted by atomic mass is 127. The van der Waals surface area contributed by atoms with Crippen LogP contribution >= 0.6 is 22.6 Å². The molecule has 5 heteroatoms. The Balaban J connectivity index is 2.47. The number of hydrogen-bond acceptors (Lipinski definition) is 3. The van der Waals surface area contributed by atoms with Crippen molar-refractivity contribution < 1.29 is 4.74 Å². The van der Waals surface area contributed by atoms with Gasteiger partial charge in [-0.2, -0.15) is 5.26 Å². The highest BCUT2D eigenvalue weighted by Gasteiger charge is 2.09. The Morgan fingerprint density at radius 3 is 2.75 bits per heavy atom. The highest BCUT2D eigenvalue weighted by Crippen LogP contribution is 2.26. The first-order valence-corrected chi connectivity index (χ1v) is 7.08. The lowest BCUT2D eigenvalue weighted by Gasteiger charge is -2.12. The Labute approximate surface area is 130 Å². The van der Waals surface area contributed by atoms with Crippen molar-refractivity contribution in [3.05, 3.63) is 49.8 Å². The van der Waals surface area contributed by atoms with Crippen LogP contribution < -0.4 is 10.3 Å². The quantitative estimate of drug-likeness (QED) is 0.770. The third-order valence-corrected chi connectivity index (χ3v) is 3.86. The van der Waals surface area contributed by atoms with E-state index in [1.165, 1.54) is 0 Å². The Hall–Kier alpha value is -1.81. The summed E-state index contributed by atoms with van der Waals surface area (Å²) < 4.78 is 7.60. The Bertz CT molecular complexity index is 745. The lowest BCUT2D eigenvalue weighted by Crippen LogP contribution is -2.20. The molecule has 0 spiro atoms. The molecule has 0 saturated carbocycles. The fraction of sp³-hybridized carbons (Fsp3) is 0.200.